The molecule has 2 aliphatic heterocycles. The first-order valence-electron chi connectivity index (χ1n) is 6.77. The quantitative estimate of drug-likeness (QED) is 0.857. The van der Waals surface area contributed by atoms with Crippen LogP contribution in [0.25, 0.3) is 0 Å². The number of carbonyl (C=O) groups excluding carboxylic acids is 1. The maximum Gasteiger partial charge on any atom is 0.276 e. The maximum atomic E-state index is 12.2. The van der Waals surface area contributed by atoms with Crippen molar-refractivity contribution in [2.45, 2.75) is 31.7 Å². The molecule has 0 saturated carbocycles. The first-order valence-corrected chi connectivity index (χ1v) is 6.77. The van der Waals surface area contributed by atoms with Crippen molar-refractivity contribution >= 4 is 5.91 Å². The lowest BCUT2D eigenvalue weighted by Gasteiger charge is -2.35. The topological polar surface area (TPSA) is 58.4 Å². The van der Waals surface area contributed by atoms with Gasteiger partial charge in [-0.05, 0) is 38.1 Å². The largest absolute Gasteiger partial charge is 0.364 e. The van der Waals surface area contributed by atoms with Gasteiger partial charge in [-0.25, -0.2) is 0 Å². The van der Waals surface area contributed by atoms with Crippen LogP contribution in [0.2, 0.25) is 0 Å². The highest BCUT2D eigenvalue weighted by atomic mass is 16.5. The molecule has 98 valence electrons. The molecule has 18 heavy (non-hydrogen) atoms. The number of carbonyl (C=O) groups is 1. The van der Waals surface area contributed by atoms with Gasteiger partial charge in [-0.1, -0.05) is 5.16 Å². The molecule has 0 bridgehead atoms. The minimum absolute atomic E-state index is 0.00597. The van der Waals surface area contributed by atoms with Gasteiger partial charge in [0.15, 0.2) is 5.69 Å². The zero-order chi connectivity index (χ0) is 12.4. The van der Waals surface area contributed by atoms with Crippen LogP contribution in [0, 0.1) is 5.92 Å². The molecule has 1 aromatic heterocycles. The minimum Gasteiger partial charge on any atom is -0.364 e. The first-order chi connectivity index (χ1) is 8.84. The summed E-state index contributed by atoms with van der Waals surface area (Å²) in [4.78, 5) is 14.1. The molecule has 0 aromatic carbocycles. The Balaban J connectivity index is 1.64. The fourth-order valence-corrected chi connectivity index (χ4v) is 3.12. The van der Waals surface area contributed by atoms with Crippen molar-refractivity contribution in [2.24, 2.45) is 5.92 Å². The second kappa shape index (κ2) is 5.10. The predicted octanol–water partition coefficient (Wildman–Crippen LogP) is 1.28. The van der Waals surface area contributed by atoms with E-state index in [1.807, 2.05) is 4.90 Å². The number of piperidine rings is 1. The Bertz CT molecular complexity index is 398. The van der Waals surface area contributed by atoms with Crippen molar-refractivity contribution < 1.29 is 9.32 Å². The molecule has 3 rings (SSSR count). The van der Waals surface area contributed by atoms with E-state index in [1.54, 1.807) is 6.07 Å². The van der Waals surface area contributed by atoms with Crippen LogP contribution in [0.1, 0.15) is 36.2 Å². The second-order valence-electron chi connectivity index (χ2n) is 5.24. The molecular formula is C13H19N3O2. The van der Waals surface area contributed by atoms with E-state index in [2.05, 4.69) is 10.5 Å². The highest BCUT2D eigenvalue weighted by Crippen LogP contribution is 2.25. The van der Waals surface area contributed by atoms with Gasteiger partial charge in [0.2, 0.25) is 0 Å². The number of nitrogens with one attached hydrogen (secondary N) is 1. The molecule has 5 heteroatoms. The maximum absolute atomic E-state index is 12.2. The number of nitrogens with zero attached hydrogens (tertiary/aromatic N) is 2. The summed E-state index contributed by atoms with van der Waals surface area (Å²) in [5.41, 5.74) is 0.426. The Kier molecular flexibility index (Phi) is 3.32. The third-order valence-electron chi connectivity index (χ3n) is 4.07. The number of hydrogen-bond donors (Lipinski definition) is 1. The van der Waals surface area contributed by atoms with Crippen molar-refractivity contribution in [2.75, 3.05) is 19.6 Å². The van der Waals surface area contributed by atoms with Gasteiger partial charge in [0, 0.05) is 25.2 Å². The number of rotatable bonds is 2. The normalized spacial score (nSPS) is 28.6. The summed E-state index contributed by atoms with van der Waals surface area (Å²) in [6.45, 7) is 2.82. The summed E-state index contributed by atoms with van der Waals surface area (Å²) in [5.74, 6) is 0.601. The molecule has 2 unspecified atom stereocenters. The Labute approximate surface area is 107 Å². The van der Waals surface area contributed by atoms with Crippen LogP contribution in [-0.2, 0) is 0 Å². The Morgan fingerprint density at radius 2 is 2.39 bits per heavy atom. The minimum atomic E-state index is 0.00597. The molecule has 1 amide bonds. The first kappa shape index (κ1) is 11.7. The molecule has 1 N–H and O–H groups in total. The zero-order valence-corrected chi connectivity index (χ0v) is 10.5. The lowest BCUT2D eigenvalue weighted by molar-refractivity contribution is 0.0641. The fourth-order valence-electron chi connectivity index (χ4n) is 3.12. The molecule has 0 aliphatic carbocycles. The van der Waals surface area contributed by atoms with E-state index in [4.69, 9.17) is 4.52 Å². The van der Waals surface area contributed by atoms with E-state index >= 15 is 0 Å². The van der Waals surface area contributed by atoms with Crippen molar-refractivity contribution in [1.29, 1.82) is 0 Å². The van der Waals surface area contributed by atoms with Crippen molar-refractivity contribution in [3.05, 3.63) is 18.0 Å². The monoisotopic (exact) mass is 249 g/mol. The second-order valence-corrected chi connectivity index (χ2v) is 5.24. The average molecular weight is 249 g/mol. The molecule has 2 fully saturated rings. The molecule has 2 atom stereocenters. The summed E-state index contributed by atoms with van der Waals surface area (Å²) in [6.07, 6.45) is 6.27. The van der Waals surface area contributed by atoms with Crippen LogP contribution in [0.4, 0.5) is 0 Å². The van der Waals surface area contributed by atoms with Crippen LogP contribution < -0.4 is 5.32 Å². The molecule has 2 saturated heterocycles. The van der Waals surface area contributed by atoms with E-state index < -0.39 is 0 Å². The van der Waals surface area contributed by atoms with Crippen LogP contribution in [0.3, 0.4) is 0 Å². The van der Waals surface area contributed by atoms with Gasteiger partial charge in [-0.2, -0.15) is 0 Å². The summed E-state index contributed by atoms with van der Waals surface area (Å²) in [6, 6.07) is 2.23. The number of likely N-dealkylation sites (tertiary alicyclic amines) is 1. The standard InChI is InChI=1S/C13H19N3O2/c17-13(12-5-8-18-15-12)16-7-2-3-10(9-16)11-4-1-6-14-11/h5,8,10-11,14H,1-4,6-7,9H2. The van der Waals surface area contributed by atoms with Gasteiger partial charge in [0.05, 0.1) is 0 Å². The van der Waals surface area contributed by atoms with Gasteiger partial charge >= 0.3 is 0 Å². The van der Waals surface area contributed by atoms with Gasteiger partial charge < -0.3 is 14.7 Å². The van der Waals surface area contributed by atoms with Gasteiger partial charge in [0.1, 0.15) is 6.26 Å². The summed E-state index contributed by atoms with van der Waals surface area (Å²) >= 11 is 0. The lowest BCUT2D eigenvalue weighted by atomic mass is 9.89. The molecular weight excluding hydrogens is 230 g/mol. The van der Waals surface area contributed by atoms with E-state index in [-0.39, 0.29) is 5.91 Å². The van der Waals surface area contributed by atoms with Crippen LogP contribution in [0.5, 0.6) is 0 Å². The Hall–Kier alpha value is -1.36. The molecule has 1 aromatic rings. The van der Waals surface area contributed by atoms with Crippen LogP contribution >= 0.6 is 0 Å². The Morgan fingerprint density at radius 3 is 3.11 bits per heavy atom. The molecule has 5 nitrogen and oxygen atoms in total. The molecule has 0 radical (unpaired) electrons. The van der Waals surface area contributed by atoms with E-state index in [0.717, 1.165) is 26.1 Å². The van der Waals surface area contributed by atoms with Crippen LogP contribution in [0.15, 0.2) is 16.9 Å². The molecule has 0 spiro atoms. The number of aromatic nitrogens is 1. The number of amides is 1. The van der Waals surface area contributed by atoms with Crippen molar-refractivity contribution in [3.63, 3.8) is 0 Å². The van der Waals surface area contributed by atoms with Crippen molar-refractivity contribution in [3.8, 4) is 0 Å². The van der Waals surface area contributed by atoms with Crippen LogP contribution in [-0.4, -0.2) is 41.6 Å². The molecule has 2 aliphatic rings. The van der Waals surface area contributed by atoms with Gasteiger partial charge in [-0.3, -0.25) is 4.79 Å². The fraction of sp³-hybridized carbons (Fsp3) is 0.692. The third kappa shape index (κ3) is 2.27. The molecule has 3 heterocycles. The summed E-state index contributed by atoms with van der Waals surface area (Å²) in [7, 11) is 0. The summed E-state index contributed by atoms with van der Waals surface area (Å²) < 4.78 is 4.74. The third-order valence-corrected chi connectivity index (χ3v) is 4.07. The van der Waals surface area contributed by atoms with E-state index in [1.165, 1.54) is 25.5 Å². The lowest BCUT2D eigenvalue weighted by Crippen LogP contribution is -2.45. The highest BCUT2D eigenvalue weighted by Gasteiger charge is 2.31. The Morgan fingerprint density at radius 1 is 1.44 bits per heavy atom. The number of hydrogen-bond acceptors (Lipinski definition) is 4. The van der Waals surface area contributed by atoms with Gasteiger partial charge in [0.25, 0.3) is 5.91 Å². The van der Waals surface area contributed by atoms with E-state index in [0.29, 0.717) is 17.7 Å². The zero-order valence-electron chi connectivity index (χ0n) is 10.5. The van der Waals surface area contributed by atoms with E-state index in [9.17, 15) is 4.79 Å². The smallest absolute Gasteiger partial charge is 0.276 e. The van der Waals surface area contributed by atoms with Crippen molar-refractivity contribution in [1.82, 2.24) is 15.4 Å². The predicted molar refractivity (Wildman–Crippen MR) is 66.2 cm³/mol. The average Bonchev–Trinajstić information content (AvgIpc) is 3.11. The SMILES string of the molecule is O=C(c1ccon1)N1CCCC(C2CCCN2)C1. The van der Waals surface area contributed by atoms with Gasteiger partial charge in [-0.15, -0.1) is 0 Å². The highest BCUT2D eigenvalue weighted by molar-refractivity contribution is 5.92. The summed E-state index contributed by atoms with van der Waals surface area (Å²) in [5, 5.41) is 7.28.